The number of anilines is 2. The van der Waals surface area contributed by atoms with Gasteiger partial charge < -0.3 is 14.9 Å². The molecule has 1 aromatic carbocycles. The van der Waals surface area contributed by atoms with Crippen molar-refractivity contribution in [3.05, 3.63) is 24.3 Å². The Morgan fingerprint density at radius 1 is 1.24 bits per heavy atom. The van der Waals surface area contributed by atoms with E-state index in [-0.39, 0.29) is 5.91 Å². The fourth-order valence-electron chi connectivity index (χ4n) is 2.05. The van der Waals surface area contributed by atoms with Crippen LogP contribution in [0.5, 0.6) is 0 Å². The molecule has 1 aromatic rings. The molecule has 0 aliphatic carbocycles. The van der Waals surface area contributed by atoms with Crippen molar-refractivity contribution in [3.63, 3.8) is 0 Å². The van der Waals surface area contributed by atoms with Gasteiger partial charge in [-0.05, 0) is 26.0 Å². The van der Waals surface area contributed by atoms with Gasteiger partial charge in [0.15, 0.2) is 0 Å². The van der Waals surface area contributed by atoms with E-state index in [1.54, 1.807) is 4.90 Å². The van der Waals surface area contributed by atoms with Gasteiger partial charge in [-0.1, -0.05) is 12.1 Å². The highest BCUT2D eigenvalue weighted by molar-refractivity contribution is 6.02. The average molecular weight is 234 g/mol. The second-order valence-corrected chi connectivity index (χ2v) is 4.93. The van der Waals surface area contributed by atoms with E-state index >= 15 is 0 Å². The Hall–Kier alpha value is -1.55. The van der Waals surface area contributed by atoms with Crippen molar-refractivity contribution in [2.75, 3.05) is 29.9 Å². The molecule has 0 spiro atoms. The minimum atomic E-state index is -1.33. The number of aliphatic hydroxyl groups is 1. The molecule has 1 N–H and O–H groups in total. The molecule has 1 aliphatic rings. The van der Waals surface area contributed by atoms with Crippen LogP contribution < -0.4 is 9.80 Å². The molecule has 0 saturated heterocycles. The van der Waals surface area contributed by atoms with Gasteiger partial charge in [-0.25, -0.2) is 0 Å². The standard InChI is InChI=1S/C13H18N2O2/c1-13(2,17)12(16)15-9-8-14(3)10-6-4-5-7-11(10)15/h4-7,17H,8-9H2,1-3H3. The van der Waals surface area contributed by atoms with Gasteiger partial charge >= 0.3 is 0 Å². The number of rotatable bonds is 1. The molecule has 4 nitrogen and oxygen atoms in total. The number of hydrogen-bond acceptors (Lipinski definition) is 3. The predicted octanol–water partition coefficient (Wildman–Crippen LogP) is 1.24. The number of nitrogens with zero attached hydrogens (tertiary/aromatic N) is 2. The zero-order chi connectivity index (χ0) is 12.6. The third kappa shape index (κ3) is 2.13. The van der Waals surface area contributed by atoms with Crippen molar-refractivity contribution in [2.24, 2.45) is 0 Å². The van der Waals surface area contributed by atoms with Gasteiger partial charge in [-0.15, -0.1) is 0 Å². The molecule has 17 heavy (non-hydrogen) atoms. The summed E-state index contributed by atoms with van der Waals surface area (Å²) in [5.74, 6) is -0.252. The number of para-hydroxylation sites is 2. The molecular weight excluding hydrogens is 216 g/mol. The maximum Gasteiger partial charge on any atom is 0.258 e. The van der Waals surface area contributed by atoms with Gasteiger partial charge in [-0.3, -0.25) is 4.79 Å². The quantitative estimate of drug-likeness (QED) is 0.795. The van der Waals surface area contributed by atoms with Crippen LogP contribution >= 0.6 is 0 Å². The number of fused-ring (bicyclic) bond motifs is 1. The molecule has 1 heterocycles. The van der Waals surface area contributed by atoms with E-state index in [1.807, 2.05) is 31.3 Å². The van der Waals surface area contributed by atoms with Gasteiger partial charge in [0.25, 0.3) is 5.91 Å². The lowest BCUT2D eigenvalue weighted by Gasteiger charge is -2.37. The molecule has 0 atom stereocenters. The third-order valence-corrected chi connectivity index (χ3v) is 3.01. The number of carbonyl (C=O) groups excluding carboxylic acids is 1. The number of benzene rings is 1. The Balaban J connectivity index is 2.40. The summed E-state index contributed by atoms with van der Waals surface area (Å²) < 4.78 is 0. The lowest BCUT2D eigenvalue weighted by molar-refractivity contribution is -0.133. The summed E-state index contributed by atoms with van der Waals surface area (Å²) >= 11 is 0. The fraction of sp³-hybridized carbons (Fsp3) is 0.462. The first-order valence-corrected chi connectivity index (χ1v) is 5.76. The molecule has 0 unspecified atom stereocenters. The second-order valence-electron chi connectivity index (χ2n) is 4.93. The number of carbonyl (C=O) groups is 1. The lowest BCUT2D eigenvalue weighted by atomic mass is 10.1. The van der Waals surface area contributed by atoms with Gasteiger partial charge in [0.05, 0.1) is 11.4 Å². The van der Waals surface area contributed by atoms with Gasteiger partial charge in [0.1, 0.15) is 5.60 Å². The molecule has 1 aliphatic heterocycles. The predicted molar refractivity (Wildman–Crippen MR) is 68.4 cm³/mol. The van der Waals surface area contributed by atoms with E-state index in [0.717, 1.165) is 17.9 Å². The van der Waals surface area contributed by atoms with Gasteiger partial charge in [0.2, 0.25) is 0 Å². The highest BCUT2D eigenvalue weighted by Crippen LogP contribution is 2.32. The minimum Gasteiger partial charge on any atom is -0.381 e. The van der Waals surface area contributed by atoms with E-state index in [2.05, 4.69) is 4.90 Å². The van der Waals surface area contributed by atoms with Crippen molar-refractivity contribution in [2.45, 2.75) is 19.4 Å². The maximum absolute atomic E-state index is 12.1. The van der Waals surface area contributed by atoms with E-state index in [9.17, 15) is 9.90 Å². The highest BCUT2D eigenvalue weighted by Gasteiger charge is 2.33. The van der Waals surface area contributed by atoms with E-state index in [4.69, 9.17) is 0 Å². The second kappa shape index (κ2) is 4.04. The molecule has 0 fully saturated rings. The van der Waals surface area contributed by atoms with Crippen molar-refractivity contribution in [1.29, 1.82) is 0 Å². The summed E-state index contributed by atoms with van der Waals surface area (Å²) in [4.78, 5) is 15.9. The van der Waals surface area contributed by atoms with Crippen LogP contribution in [0.3, 0.4) is 0 Å². The summed E-state index contributed by atoms with van der Waals surface area (Å²) in [5, 5.41) is 9.83. The Labute approximate surface area is 101 Å². The van der Waals surface area contributed by atoms with E-state index in [1.165, 1.54) is 13.8 Å². The minimum absolute atomic E-state index is 0.252. The smallest absolute Gasteiger partial charge is 0.258 e. The van der Waals surface area contributed by atoms with Crippen molar-refractivity contribution < 1.29 is 9.90 Å². The van der Waals surface area contributed by atoms with Gasteiger partial charge in [0, 0.05) is 20.1 Å². The SMILES string of the molecule is CN1CCN(C(=O)C(C)(C)O)c2ccccc21. The van der Waals surface area contributed by atoms with E-state index in [0.29, 0.717) is 6.54 Å². The summed E-state index contributed by atoms with van der Waals surface area (Å²) in [6.45, 7) is 4.43. The van der Waals surface area contributed by atoms with Crippen LogP contribution in [0.2, 0.25) is 0 Å². The van der Waals surface area contributed by atoms with Crippen LogP contribution in [0.25, 0.3) is 0 Å². The van der Waals surface area contributed by atoms with Crippen molar-refractivity contribution in [1.82, 2.24) is 0 Å². The normalized spacial score (nSPS) is 15.8. The number of amides is 1. The fourth-order valence-corrected chi connectivity index (χ4v) is 2.05. The maximum atomic E-state index is 12.1. The Bertz CT molecular complexity index is 437. The van der Waals surface area contributed by atoms with Crippen LogP contribution in [0.4, 0.5) is 11.4 Å². The number of likely N-dealkylation sites (N-methyl/N-ethyl adjacent to an activating group) is 1. The van der Waals surface area contributed by atoms with E-state index < -0.39 is 5.60 Å². The molecule has 0 radical (unpaired) electrons. The Kier molecular flexibility index (Phi) is 2.83. The topological polar surface area (TPSA) is 43.8 Å². The lowest BCUT2D eigenvalue weighted by Crippen LogP contribution is -2.50. The first kappa shape index (κ1) is 11.9. The molecule has 0 bridgehead atoms. The zero-order valence-electron chi connectivity index (χ0n) is 10.5. The molecule has 92 valence electrons. The van der Waals surface area contributed by atoms with Crippen LogP contribution in [0, 0.1) is 0 Å². The first-order chi connectivity index (χ1) is 7.91. The largest absolute Gasteiger partial charge is 0.381 e. The Morgan fingerprint density at radius 2 is 1.82 bits per heavy atom. The zero-order valence-corrected chi connectivity index (χ0v) is 10.5. The first-order valence-electron chi connectivity index (χ1n) is 5.76. The average Bonchev–Trinajstić information content (AvgIpc) is 2.28. The summed E-state index contributed by atoms with van der Waals surface area (Å²) in [6.07, 6.45) is 0. The highest BCUT2D eigenvalue weighted by atomic mass is 16.3. The molecule has 0 aromatic heterocycles. The molecular formula is C13H18N2O2. The summed E-state index contributed by atoms with van der Waals surface area (Å²) in [5.41, 5.74) is 0.563. The molecule has 2 rings (SSSR count). The monoisotopic (exact) mass is 234 g/mol. The van der Waals surface area contributed by atoms with Crippen LogP contribution in [-0.2, 0) is 4.79 Å². The molecule has 0 saturated carbocycles. The third-order valence-electron chi connectivity index (χ3n) is 3.01. The molecule has 1 amide bonds. The van der Waals surface area contributed by atoms with Gasteiger partial charge in [-0.2, -0.15) is 0 Å². The van der Waals surface area contributed by atoms with Crippen molar-refractivity contribution >= 4 is 17.3 Å². The molecule has 4 heteroatoms. The van der Waals surface area contributed by atoms with Crippen molar-refractivity contribution in [3.8, 4) is 0 Å². The Morgan fingerprint density at radius 3 is 2.41 bits per heavy atom. The summed E-state index contributed by atoms with van der Waals surface area (Å²) in [7, 11) is 2.00. The van der Waals surface area contributed by atoms with Crippen LogP contribution in [-0.4, -0.2) is 36.8 Å². The van der Waals surface area contributed by atoms with Crippen LogP contribution in [0.1, 0.15) is 13.8 Å². The number of hydrogen-bond donors (Lipinski definition) is 1. The van der Waals surface area contributed by atoms with Crippen LogP contribution in [0.15, 0.2) is 24.3 Å². The summed E-state index contributed by atoms with van der Waals surface area (Å²) in [6, 6.07) is 7.75.